The lowest BCUT2D eigenvalue weighted by atomic mass is 10.3. The second kappa shape index (κ2) is 9.71. The molecule has 0 bridgehead atoms. The van der Waals surface area contributed by atoms with Crippen LogP contribution in [0.4, 0.5) is 5.69 Å². The van der Waals surface area contributed by atoms with Gasteiger partial charge in [-0.3, -0.25) is 14.9 Å². The van der Waals surface area contributed by atoms with E-state index in [1.807, 2.05) is 0 Å². The molecular formula is C19H21N2O8P. The molecule has 0 aromatic heterocycles. The third-order valence-corrected chi connectivity index (χ3v) is 5.72. The number of benzene rings is 2. The number of non-ortho nitro benzene ring substituents is 1. The van der Waals surface area contributed by atoms with Crippen molar-refractivity contribution >= 4 is 19.4 Å². The number of nitrogens with zero attached hydrogens (tertiary/aromatic N) is 1. The monoisotopic (exact) mass is 436 g/mol. The van der Waals surface area contributed by atoms with Crippen LogP contribution in [0.5, 0.6) is 11.5 Å². The largest absolute Gasteiger partial charge is 0.513 e. The Bertz CT molecular complexity index is 916. The van der Waals surface area contributed by atoms with Crippen LogP contribution in [0.25, 0.3) is 0 Å². The molecule has 1 aliphatic heterocycles. The van der Waals surface area contributed by atoms with Crippen molar-refractivity contribution in [2.45, 2.75) is 25.5 Å². The molecule has 1 N–H and O–H groups in total. The van der Waals surface area contributed by atoms with E-state index in [-0.39, 0.29) is 23.3 Å². The molecule has 1 heterocycles. The third-order valence-electron chi connectivity index (χ3n) is 4.12. The number of carbonyl (C=O) groups excluding carboxylic acids is 1. The number of nitro benzene ring substituents is 1. The molecule has 0 radical (unpaired) electrons. The quantitative estimate of drug-likeness (QED) is 0.272. The first-order chi connectivity index (χ1) is 14.3. The van der Waals surface area contributed by atoms with E-state index in [1.165, 1.54) is 31.2 Å². The van der Waals surface area contributed by atoms with Crippen molar-refractivity contribution in [1.82, 2.24) is 5.09 Å². The maximum absolute atomic E-state index is 13.4. The fraction of sp³-hybridized carbons (Fsp3) is 0.316. The average Bonchev–Trinajstić information content (AvgIpc) is 3.22. The molecular weight excluding hydrogens is 415 g/mol. The number of nitrogens with one attached hydrogen (secondary N) is 1. The van der Waals surface area contributed by atoms with Crippen molar-refractivity contribution in [3.05, 3.63) is 64.7 Å². The van der Waals surface area contributed by atoms with E-state index in [0.29, 0.717) is 19.6 Å². The van der Waals surface area contributed by atoms with Gasteiger partial charge in [0.15, 0.2) is 0 Å². The highest BCUT2D eigenvalue weighted by Crippen LogP contribution is 2.45. The molecule has 0 spiro atoms. The van der Waals surface area contributed by atoms with E-state index in [4.69, 9.17) is 18.5 Å². The zero-order valence-corrected chi connectivity index (χ0v) is 17.0. The van der Waals surface area contributed by atoms with Gasteiger partial charge in [0.05, 0.1) is 18.1 Å². The maximum atomic E-state index is 13.4. The Labute approximate surface area is 172 Å². The van der Waals surface area contributed by atoms with E-state index in [0.717, 1.165) is 0 Å². The number of rotatable bonds is 9. The lowest BCUT2D eigenvalue weighted by Crippen LogP contribution is -2.37. The molecule has 0 saturated carbocycles. The molecule has 2 aromatic rings. The standard InChI is InChI=1S/C19H21N2O8P/c1-14(19(22)27-18-11-12-26-13-18)20-30(25,28-16-5-3-2-4-6-16)29-17-9-7-15(8-10-17)21(23)24/h2-10,14,18H,11-13H2,1H3,(H,20,25)/t14-,18?,30?/m1/s1. The first kappa shape index (κ1) is 21.8. The van der Waals surface area contributed by atoms with Crippen LogP contribution >= 0.6 is 7.75 Å². The van der Waals surface area contributed by atoms with Crippen LogP contribution in [-0.2, 0) is 18.8 Å². The smallest absolute Gasteiger partial charge is 0.459 e. The average molecular weight is 436 g/mol. The summed E-state index contributed by atoms with van der Waals surface area (Å²) in [5, 5.41) is 13.4. The van der Waals surface area contributed by atoms with Gasteiger partial charge in [-0.1, -0.05) is 18.2 Å². The van der Waals surface area contributed by atoms with Crippen molar-refractivity contribution < 1.29 is 32.8 Å². The predicted molar refractivity (Wildman–Crippen MR) is 106 cm³/mol. The van der Waals surface area contributed by atoms with Crippen molar-refractivity contribution in [3.8, 4) is 11.5 Å². The van der Waals surface area contributed by atoms with Gasteiger partial charge in [-0.25, -0.2) is 4.57 Å². The molecule has 3 rings (SSSR count). The molecule has 10 nitrogen and oxygen atoms in total. The molecule has 30 heavy (non-hydrogen) atoms. The van der Waals surface area contributed by atoms with E-state index in [9.17, 15) is 19.5 Å². The highest BCUT2D eigenvalue weighted by molar-refractivity contribution is 7.52. The summed E-state index contributed by atoms with van der Waals surface area (Å²) in [7, 11) is -4.11. The molecule has 0 amide bonds. The first-order valence-corrected chi connectivity index (χ1v) is 10.7. The Morgan fingerprint density at radius 2 is 1.80 bits per heavy atom. The summed E-state index contributed by atoms with van der Waals surface area (Å²) in [6.45, 7) is 2.30. The maximum Gasteiger partial charge on any atom is 0.513 e. The summed E-state index contributed by atoms with van der Waals surface area (Å²) < 4.78 is 34.9. The Hall–Kier alpha value is -2.94. The number of esters is 1. The number of carbonyl (C=O) groups is 1. The molecule has 160 valence electrons. The number of hydrogen-bond acceptors (Lipinski definition) is 8. The summed E-state index contributed by atoms with van der Waals surface area (Å²) >= 11 is 0. The molecule has 1 aliphatic rings. The SMILES string of the molecule is C[C@@H](NP(=O)(Oc1ccccc1)Oc1ccc([N+](=O)[O-])cc1)C(=O)OC1CCOC1. The number of para-hydroxylation sites is 1. The van der Waals surface area contributed by atoms with Crippen LogP contribution in [-0.4, -0.2) is 36.3 Å². The van der Waals surface area contributed by atoms with Gasteiger partial charge in [-0.2, -0.15) is 5.09 Å². The minimum absolute atomic E-state index is 0.0668. The van der Waals surface area contributed by atoms with Crippen LogP contribution in [0.15, 0.2) is 54.6 Å². The van der Waals surface area contributed by atoms with E-state index >= 15 is 0 Å². The van der Waals surface area contributed by atoms with Crippen LogP contribution in [0.2, 0.25) is 0 Å². The lowest BCUT2D eigenvalue weighted by molar-refractivity contribution is -0.384. The zero-order chi connectivity index (χ0) is 21.6. The van der Waals surface area contributed by atoms with Crippen molar-refractivity contribution in [1.29, 1.82) is 0 Å². The number of ether oxygens (including phenoxy) is 2. The van der Waals surface area contributed by atoms with E-state index < -0.39 is 24.7 Å². The second-order valence-electron chi connectivity index (χ2n) is 6.52. The highest BCUT2D eigenvalue weighted by Gasteiger charge is 2.35. The van der Waals surface area contributed by atoms with Gasteiger partial charge >= 0.3 is 13.7 Å². The van der Waals surface area contributed by atoms with Gasteiger partial charge in [0.2, 0.25) is 0 Å². The third kappa shape index (κ3) is 6.03. The molecule has 3 atom stereocenters. The van der Waals surface area contributed by atoms with Crippen molar-refractivity contribution in [3.63, 3.8) is 0 Å². The summed E-state index contributed by atoms with van der Waals surface area (Å²) in [5.41, 5.74) is -0.148. The Kier molecular flexibility index (Phi) is 7.04. The van der Waals surface area contributed by atoms with Gasteiger partial charge in [0, 0.05) is 18.6 Å². The predicted octanol–water partition coefficient (Wildman–Crippen LogP) is 3.47. The van der Waals surface area contributed by atoms with E-state index in [1.54, 1.807) is 30.3 Å². The molecule has 2 aromatic carbocycles. The highest BCUT2D eigenvalue weighted by atomic mass is 31.2. The van der Waals surface area contributed by atoms with Crippen molar-refractivity contribution in [2.24, 2.45) is 0 Å². The van der Waals surface area contributed by atoms with Gasteiger partial charge in [-0.05, 0) is 31.2 Å². The fourth-order valence-electron chi connectivity index (χ4n) is 2.62. The molecule has 2 unspecified atom stereocenters. The van der Waals surface area contributed by atoms with Crippen LogP contribution < -0.4 is 14.1 Å². The summed E-state index contributed by atoms with van der Waals surface area (Å²) in [5.74, 6) is -0.313. The number of hydrogen-bond donors (Lipinski definition) is 1. The topological polar surface area (TPSA) is 126 Å². The van der Waals surface area contributed by atoms with Crippen LogP contribution in [0, 0.1) is 10.1 Å². The van der Waals surface area contributed by atoms with Gasteiger partial charge in [0.1, 0.15) is 23.6 Å². The minimum atomic E-state index is -4.11. The summed E-state index contributed by atoms with van der Waals surface area (Å²) in [4.78, 5) is 22.6. The van der Waals surface area contributed by atoms with Crippen LogP contribution in [0.3, 0.4) is 0 Å². The normalized spacial score (nSPS) is 18.8. The molecule has 1 saturated heterocycles. The lowest BCUT2D eigenvalue weighted by Gasteiger charge is -2.23. The Morgan fingerprint density at radius 3 is 2.37 bits per heavy atom. The van der Waals surface area contributed by atoms with Crippen molar-refractivity contribution in [2.75, 3.05) is 13.2 Å². The first-order valence-electron chi connectivity index (χ1n) is 9.19. The Morgan fingerprint density at radius 1 is 1.17 bits per heavy atom. The fourth-order valence-corrected chi connectivity index (χ4v) is 4.14. The summed E-state index contributed by atoms with van der Waals surface area (Å²) in [6.07, 6.45) is 0.238. The summed E-state index contributed by atoms with van der Waals surface area (Å²) in [6, 6.07) is 12.3. The van der Waals surface area contributed by atoms with Gasteiger partial charge < -0.3 is 18.5 Å². The molecule has 1 fully saturated rings. The van der Waals surface area contributed by atoms with Gasteiger partial charge in [-0.15, -0.1) is 0 Å². The molecule has 0 aliphatic carbocycles. The van der Waals surface area contributed by atoms with Gasteiger partial charge in [0.25, 0.3) is 5.69 Å². The molecule has 11 heteroatoms. The zero-order valence-electron chi connectivity index (χ0n) is 16.1. The minimum Gasteiger partial charge on any atom is -0.459 e. The van der Waals surface area contributed by atoms with Crippen LogP contribution in [0.1, 0.15) is 13.3 Å². The Balaban J connectivity index is 1.75. The number of nitro groups is 1. The van der Waals surface area contributed by atoms with E-state index in [2.05, 4.69) is 5.09 Å². The second-order valence-corrected chi connectivity index (χ2v) is 8.14.